The van der Waals surface area contributed by atoms with Crippen LogP contribution in [0, 0.1) is 5.92 Å². The van der Waals surface area contributed by atoms with E-state index in [0.29, 0.717) is 11.4 Å². The van der Waals surface area contributed by atoms with Crippen molar-refractivity contribution >= 4 is 27.2 Å². The minimum absolute atomic E-state index is 0.00324. The van der Waals surface area contributed by atoms with E-state index >= 15 is 0 Å². The van der Waals surface area contributed by atoms with Gasteiger partial charge in [0.2, 0.25) is 10.0 Å². The zero-order valence-electron chi connectivity index (χ0n) is 11.3. The Labute approximate surface area is 125 Å². The lowest BCUT2D eigenvalue weighted by atomic mass is 10.1. The van der Waals surface area contributed by atoms with Crippen LogP contribution in [0.2, 0.25) is 0 Å². The molecule has 6 heteroatoms. The number of sulfonamides is 1. The minimum Gasteiger partial charge on any atom is -0.393 e. The van der Waals surface area contributed by atoms with Crippen molar-refractivity contribution in [3.63, 3.8) is 0 Å². The Kier molecular flexibility index (Phi) is 5.12. The fraction of sp³-hybridized carbons (Fsp3) is 0.500. The highest BCUT2D eigenvalue weighted by atomic mass is 32.2. The Balaban J connectivity index is 1.92. The average molecular weight is 312 g/mol. The Bertz CT molecular complexity index is 558. The van der Waals surface area contributed by atoms with Crippen LogP contribution in [0.4, 0.5) is 0 Å². The maximum absolute atomic E-state index is 12.1. The molecule has 0 amide bonds. The average Bonchev–Trinajstić information content (AvgIpc) is 2.85. The standard InChI is InChI=1S/C14H20N2O2S2/c15-14(19)12-7-4-8-13(12)16-20(17,18)10-9-11-5-2-1-3-6-11/h1-3,5-6,12-13,16H,4,7-10H2,(H2,15,19). The van der Waals surface area contributed by atoms with Crippen molar-refractivity contribution in [2.24, 2.45) is 11.7 Å². The molecule has 20 heavy (non-hydrogen) atoms. The van der Waals surface area contributed by atoms with Gasteiger partial charge in [0.15, 0.2) is 0 Å². The largest absolute Gasteiger partial charge is 0.393 e. The van der Waals surface area contributed by atoms with E-state index in [-0.39, 0.29) is 17.7 Å². The summed E-state index contributed by atoms with van der Waals surface area (Å²) < 4.78 is 27.0. The van der Waals surface area contributed by atoms with Crippen molar-refractivity contribution in [1.29, 1.82) is 0 Å². The van der Waals surface area contributed by atoms with Crippen LogP contribution in [-0.4, -0.2) is 25.2 Å². The van der Waals surface area contributed by atoms with Crippen molar-refractivity contribution in [3.05, 3.63) is 35.9 Å². The first-order valence-corrected chi connectivity index (χ1v) is 8.87. The molecule has 1 aromatic carbocycles. The van der Waals surface area contributed by atoms with Crippen LogP contribution < -0.4 is 10.5 Å². The van der Waals surface area contributed by atoms with Gasteiger partial charge in [-0.1, -0.05) is 49.0 Å². The fourth-order valence-electron chi connectivity index (χ4n) is 2.63. The van der Waals surface area contributed by atoms with E-state index in [1.807, 2.05) is 30.3 Å². The van der Waals surface area contributed by atoms with Crippen LogP contribution >= 0.6 is 12.2 Å². The van der Waals surface area contributed by atoms with Gasteiger partial charge in [0.05, 0.1) is 10.7 Å². The smallest absolute Gasteiger partial charge is 0.212 e. The molecule has 110 valence electrons. The quantitative estimate of drug-likeness (QED) is 0.783. The first-order chi connectivity index (χ1) is 9.48. The van der Waals surface area contributed by atoms with Crippen LogP contribution in [0.5, 0.6) is 0 Å². The van der Waals surface area contributed by atoms with Crippen LogP contribution in [-0.2, 0) is 16.4 Å². The molecular formula is C14H20N2O2S2. The second-order valence-corrected chi connectivity index (χ2v) is 7.56. The number of nitrogens with two attached hydrogens (primary N) is 1. The van der Waals surface area contributed by atoms with E-state index in [2.05, 4.69) is 4.72 Å². The highest BCUT2D eigenvalue weighted by Gasteiger charge is 2.32. The lowest BCUT2D eigenvalue weighted by molar-refractivity contribution is 0.524. The zero-order chi connectivity index (χ0) is 14.6. The normalized spacial score (nSPS) is 22.8. The summed E-state index contributed by atoms with van der Waals surface area (Å²) in [7, 11) is -3.29. The van der Waals surface area contributed by atoms with Gasteiger partial charge in [0.1, 0.15) is 0 Å². The molecule has 1 fully saturated rings. The third kappa shape index (κ3) is 4.26. The van der Waals surface area contributed by atoms with Crippen LogP contribution in [0.1, 0.15) is 24.8 Å². The van der Waals surface area contributed by atoms with Crippen molar-refractivity contribution in [3.8, 4) is 0 Å². The van der Waals surface area contributed by atoms with Crippen molar-refractivity contribution < 1.29 is 8.42 Å². The molecule has 2 rings (SSSR count). The van der Waals surface area contributed by atoms with Gasteiger partial charge in [-0.3, -0.25) is 0 Å². The zero-order valence-corrected chi connectivity index (χ0v) is 12.9. The van der Waals surface area contributed by atoms with Gasteiger partial charge >= 0.3 is 0 Å². The molecule has 3 N–H and O–H groups in total. The first-order valence-electron chi connectivity index (χ1n) is 6.81. The van der Waals surface area contributed by atoms with Gasteiger partial charge in [-0.15, -0.1) is 0 Å². The van der Waals surface area contributed by atoms with E-state index in [9.17, 15) is 8.42 Å². The third-order valence-electron chi connectivity index (χ3n) is 3.71. The Morgan fingerprint density at radius 2 is 2.00 bits per heavy atom. The molecule has 0 saturated heterocycles. The highest BCUT2D eigenvalue weighted by Crippen LogP contribution is 2.26. The maximum atomic E-state index is 12.1. The molecular weight excluding hydrogens is 292 g/mol. The topological polar surface area (TPSA) is 72.2 Å². The van der Waals surface area contributed by atoms with Crippen molar-refractivity contribution in [1.82, 2.24) is 4.72 Å². The van der Waals surface area contributed by atoms with Gasteiger partial charge in [0.25, 0.3) is 0 Å². The number of thiocarbonyl (C=S) groups is 1. The summed E-state index contributed by atoms with van der Waals surface area (Å²) in [4.78, 5) is 0.415. The Hall–Kier alpha value is -0.980. The van der Waals surface area contributed by atoms with Gasteiger partial charge < -0.3 is 5.73 Å². The molecule has 1 aromatic rings. The number of nitrogens with one attached hydrogen (secondary N) is 1. The number of rotatable bonds is 6. The predicted octanol–water partition coefficient (Wildman–Crippen LogP) is 1.60. The molecule has 2 atom stereocenters. The molecule has 1 aliphatic carbocycles. The monoisotopic (exact) mass is 312 g/mol. The lowest BCUT2D eigenvalue weighted by Crippen LogP contribution is -2.42. The van der Waals surface area contributed by atoms with Gasteiger partial charge in [-0.25, -0.2) is 13.1 Å². The number of hydrogen-bond donors (Lipinski definition) is 2. The van der Waals surface area contributed by atoms with Gasteiger partial charge in [-0.2, -0.15) is 0 Å². The number of hydrogen-bond acceptors (Lipinski definition) is 3. The maximum Gasteiger partial charge on any atom is 0.212 e. The molecule has 0 aliphatic heterocycles. The summed E-state index contributed by atoms with van der Waals surface area (Å²) in [5, 5.41) is 0. The van der Waals surface area contributed by atoms with E-state index < -0.39 is 10.0 Å². The van der Waals surface area contributed by atoms with E-state index in [1.165, 1.54) is 0 Å². The SMILES string of the molecule is NC(=S)C1CCCC1NS(=O)(=O)CCc1ccccc1. The summed E-state index contributed by atoms with van der Waals surface area (Å²) in [6.07, 6.45) is 3.17. The van der Waals surface area contributed by atoms with Crippen molar-refractivity contribution in [2.45, 2.75) is 31.7 Å². The minimum atomic E-state index is -3.29. The van der Waals surface area contributed by atoms with E-state index in [0.717, 1.165) is 24.8 Å². The van der Waals surface area contributed by atoms with Crippen LogP contribution in [0.3, 0.4) is 0 Å². The van der Waals surface area contributed by atoms with Gasteiger partial charge in [-0.05, 0) is 24.8 Å². The molecule has 0 bridgehead atoms. The molecule has 2 unspecified atom stereocenters. The van der Waals surface area contributed by atoms with Crippen molar-refractivity contribution in [2.75, 3.05) is 5.75 Å². The second kappa shape index (κ2) is 6.65. The van der Waals surface area contributed by atoms with E-state index in [4.69, 9.17) is 18.0 Å². The summed E-state index contributed by atoms with van der Waals surface area (Å²) in [5.41, 5.74) is 6.69. The summed E-state index contributed by atoms with van der Waals surface area (Å²) >= 11 is 5.01. The molecule has 1 saturated carbocycles. The second-order valence-electron chi connectivity index (χ2n) is 5.22. The molecule has 0 spiro atoms. The molecule has 4 nitrogen and oxygen atoms in total. The van der Waals surface area contributed by atoms with Gasteiger partial charge in [0, 0.05) is 12.0 Å². The Morgan fingerprint density at radius 1 is 1.30 bits per heavy atom. The molecule has 1 aliphatic rings. The third-order valence-corrected chi connectivity index (χ3v) is 5.42. The summed E-state index contributed by atoms with van der Waals surface area (Å²) in [6, 6.07) is 9.48. The fourth-order valence-corrected chi connectivity index (χ4v) is 4.28. The molecule has 0 radical (unpaired) electrons. The van der Waals surface area contributed by atoms with E-state index in [1.54, 1.807) is 0 Å². The summed E-state index contributed by atoms with van der Waals surface area (Å²) in [6.45, 7) is 0. The number of aryl methyl sites for hydroxylation is 1. The van der Waals surface area contributed by atoms with Crippen LogP contribution in [0.25, 0.3) is 0 Å². The lowest BCUT2D eigenvalue weighted by Gasteiger charge is -2.19. The first kappa shape index (κ1) is 15.4. The predicted molar refractivity (Wildman–Crippen MR) is 85.0 cm³/mol. The number of benzene rings is 1. The van der Waals surface area contributed by atoms with Crippen LogP contribution in [0.15, 0.2) is 30.3 Å². The summed E-state index contributed by atoms with van der Waals surface area (Å²) in [5.74, 6) is 0.0916. The molecule has 0 aromatic heterocycles. The highest BCUT2D eigenvalue weighted by molar-refractivity contribution is 7.89. The Morgan fingerprint density at radius 3 is 2.65 bits per heavy atom. The molecule has 0 heterocycles.